The number of fused-ring (bicyclic) bond motifs is 1. The van der Waals surface area contributed by atoms with E-state index in [2.05, 4.69) is 15.0 Å². The van der Waals surface area contributed by atoms with Crippen LogP contribution >= 0.6 is 0 Å². The van der Waals surface area contributed by atoms with E-state index in [0.29, 0.717) is 33.7 Å². The molecule has 0 saturated heterocycles. The quantitative estimate of drug-likeness (QED) is 0.133. The van der Waals surface area contributed by atoms with E-state index < -0.39 is 34.7 Å². The molecule has 45 heavy (non-hydrogen) atoms. The summed E-state index contributed by atoms with van der Waals surface area (Å²) >= 11 is 0. The second kappa shape index (κ2) is 12.1. The number of hydrogen-bond donors (Lipinski definition) is 1. The minimum atomic E-state index is -5.22. The zero-order chi connectivity index (χ0) is 32.5. The molecule has 0 aliphatic heterocycles. The molecule has 0 atom stereocenters. The van der Waals surface area contributed by atoms with Crippen LogP contribution in [0.25, 0.3) is 22.2 Å². The van der Waals surface area contributed by atoms with E-state index in [1.165, 1.54) is 38.2 Å². The number of aliphatic carboxylic acids is 1. The van der Waals surface area contributed by atoms with E-state index in [4.69, 9.17) is 4.74 Å². The second-order valence-electron chi connectivity index (χ2n) is 11.3. The molecule has 0 radical (unpaired) electrons. The van der Waals surface area contributed by atoms with E-state index in [0.717, 1.165) is 6.20 Å². The highest BCUT2D eigenvalue weighted by Crippen LogP contribution is 2.38. The van der Waals surface area contributed by atoms with Gasteiger partial charge in [0.1, 0.15) is 18.2 Å². The van der Waals surface area contributed by atoms with Gasteiger partial charge in [-0.15, -0.1) is 0 Å². The number of carboxylic acid groups (broad SMARTS) is 1. The summed E-state index contributed by atoms with van der Waals surface area (Å²) in [6.45, 7) is 4.57. The lowest BCUT2D eigenvalue weighted by Gasteiger charge is -2.22. The monoisotopic (exact) mass is 620 g/mol. The molecule has 3 aromatic heterocycles. The molecule has 12 heteroatoms. The van der Waals surface area contributed by atoms with E-state index in [1.807, 2.05) is 0 Å². The molecule has 0 amide bonds. The molecule has 0 fully saturated rings. The Bertz CT molecular complexity index is 1870. The molecule has 5 rings (SSSR count). The van der Waals surface area contributed by atoms with Gasteiger partial charge < -0.3 is 14.4 Å². The minimum absolute atomic E-state index is 0.0176. The number of benzene rings is 2. The number of rotatable bonds is 10. The first-order valence-corrected chi connectivity index (χ1v) is 13.8. The number of carboxylic acids is 1. The third-order valence-electron chi connectivity index (χ3n) is 7.35. The average Bonchev–Trinajstić information content (AvgIpc) is 3.27. The summed E-state index contributed by atoms with van der Waals surface area (Å²) in [7, 11) is 0. The maximum absolute atomic E-state index is 14.1. The zero-order valence-corrected chi connectivity index (χ0v) is 24.5. The summed E-state index contributed by atoms with van der Waals surface area (Å²) in [5.41, 5.74) is 1.18. The van der Waals surface area contributed by atoms with E-state index in [9.17, 15) is 32.3 Å². The summed E-state index contributed by atoms with van der Waals surface area (Å²) in [6.07, 6.45) is -1.41. The average molecular weight is 621 g/mol. The summed E-state index contributed by atoms with van der Waals surface area (Å²) in [5.74, 6) is -3.60. The Morgan fingerprint density at radius 1 is 0.933 bits per heavy atom. The number of nitrogens with zero attached hydrogens (tertiary/aromatic N) is 4. The van der Waals surface area contributed by atoms with Crippen molar-refractivity contribution in [1.82, 2.24) is 19.5 Å². The Kier molecular flexibility index (Phi) is 8.42. The van der Waals surface area contributed by atoms with Crippen molar-refractivity contribution >= 4 is 22.7 Å². The number of alkyl halides is 3. The number of hydrogen-bond acceptors (Lipinski definition) is 6. The number of aryl methyl sites for hydroxylation is 1. The Hall–Kier alpha value is -5.13. The third kappa shape index (κ3) is 6.84. The lowest BCUT2D eigenvalue weighted by molar-refractivity contribution is -0.146. The van der Waals surface area contributed by atoms with Crippen LogP contribution in [0.1, 0.15) is 46.9 Å². The zero-order valence-electron chi connectivity index (χ0n) is 24.5. The molecule has 0 aliphatic rings. The number of carbonyl (C=O) groups excluding carboxylic acids is 1. The van der Waals surface area contributed by atoms with Gasteiger partial charge in [-0.25, -0.2) is 4.39 Å². The maximum Gasteiger partial charge on any atom is 0.454 e. The van der Waals surface area contributed by atoms with Crippen molar-refractivity contribution < 1.29 is 37.0 Å². The van der Waals surface area contributed by atoms with Crippen LogP contribution in [0.5, 0.6) is 5.75 Å². The Labute approximate surface area is 255 Å². The highest BCUT2D eigenvalue weighted by Gasteiger charge is 2.44. The van der Waals surface area contributed by atoms with Gasteiger partial charge in [0, 0.05) is 41.3 Å². The normalized spacial score (nSPS) is 12.0. The highest BCUT2D eigenvalue weighted by molar-refractivity contribution is 6.12. The summed E-state index contributed by atoms with van der Waals surface area (Å²) in [4.78, 5) is 37.5. The topological polar surface area (TPSA) is 107 Å². The van der Waals surface area contributed by atoms with Gasteiger partial charge in [0.2, 0.25) is 0 Å². The minimum Gasteiger partial charge on any atom is -0.487 e. The standard InChI is InChI=1S/C33H28F4N4O4/c1-19-14-39-23(16-38-19)18-45-24-9-11-27-25(12-24)29(30(42)33(35,36)37)28(13-32(2,3)31(43)44)41(27)17-20-4-6-21(7-5-20)26-10-8-22(34)15-40-26/h4-12,14-16H,13,17-18H2,1-3H3,(H,43,44). The molecule has 3 heterocycles. The van der Waals surface area contributed by atoms with Crippen molar-refractivity contribution in [2.24, 2.45) is 5.41 Å². The van der Waals surface area contributed by atoms with Gasteiger partial charge in [0.15, 0.2) is 0 Å². The molecule has 232 valence electrons. The number of ether oxygens (including phenoxy) is 1. The molecule has 5 aromatic rings. The highest BCUT2D eigenvalue weighted by atomic mass is 19.4. The van der Waals surface area contributed by atoms with Gasteiger partial charge in [-0.2, -0.15) is 13.2 Å². The number of aromatic nitrogens is 4. The fourth-order valence-electron chi connectivity index (χ4n) is 4.89. The lowest BCUT2D eigenvalue weighted by Crippen LogP contribution is -2.30. The first kappa shape index (κ1) is 31.3. The van der Waals surface area contributed by atoms with Crippen LogP contribution in [0, 0.1) is 18.2 Å². The molecule has 0 saturated carbocycles. The third-order valence-corrected chi connectivity index (χ3v) is 7.35. The summed E-state index contributed by atoms with van der Waals surface area (Å²) in [5, 5.41) is 9.85. The van der Waals surface area contributed by atoms with Crippen LogP contribution in [0.2, 0.25) is 0 Å². The predicted molar refractivity (Wildman–Crippen MR) is 157 cm³/mol. The van der Waals surface area contributed by atoms with E-state index >= 15 is 0 Å². The Balaban J connectivity index is 1.61. The van der Waals surface area contributed by atoms with Crippen molar-refractivity contribution in [3.63, 3.8) is 0 Å². The van der Waals surface area contributed by atoms with Crippen molar-refractivity contribution in [2.45, 2.75) is 46.5 Å². The molecule has 2 aromatic carbocycles. The number of Topliss-reactive ketones (excluding diaryl/α,β-unsaturated/α-hetero) is 1. The SMILES string of the molecule is Cc1cnc(COc2ccc3c(c2)c(C(=O)C(F)(F)F)c(CC(C)(C)C(=O)O)n3Cc2ccc(-c3ccc(F)cn3)cc2)cn1. The smallest absolute Gasteiger partial charge is 0.454 e. The molecule has 8 nitrogen and oxygen atoms in total. The summed E-state index contributed by atoms with van der Waals surface area (Å²) in [6, 6.07) is 14.2. The van der Waals surface area contributed by atoms with Gasteiger partial charge in [-0.1, -0.05) is 24.3 Å². The van der Waals surface area contributed by atoms with Crippen LogP contribution in [-0.2, 0) is 24.4 Å². The Morgan fingerprint density at radius 3 is 2.27 bits per heavy atom. The van der Waals surface area contributed by atoms with Gasteiger partial charge in [0.25, 0.3) is 5.78 Å². The first-order chi connectivity index (χ1) is 21.2. The van der Waals surface area contributed by atoms with Crippen molar-refractivity contribution in [3.05, 3.63) is 107 Å². The van der Waals surface area contributed by atoms with Crippen molar-refractivity contribution in [1.29, 1.82) is 0 Å². The number of ketones is 1. The fraction of sp³-hybridized carbons (Fsp3) is 0.242. The first-order valence-electron chi connectivity index (χ1n) is 13.8. The van der Waals surface area contributed by atoms with Gasteiger partial charge >= 0.3 is 12.1 Å². The fourth-order valence-corrected chi connectivity index (χ4v) is 4.89. The van der Waals surface area contributed by atoms with Crippen LogP contribution in [0.15, 0.2) is 73.2 Å². The van der Waals surface area contributed by atoms with E-state index in [1.54, 1.807) is 54.1 Å². The largest absolute Gasteiger partial charge is 0.487 e. The van der Waals surface area contributed by atoms with Gasteiger partial charge in [-0.05, 0) is 56.7 Å². The lowest BCUT2D eigenvalue weighted by atomic mass is 9.86. The van der Waals surface area contributed by atoms with Crippen molar-refractivity contribution in [3.8, 4) is 17.0 Å². The van der Waals surface area contributed by atoms with Crippen LogP contribution in [0.3, 0.4) is 0 Å². The molecule has 0 aliphatic carbocycles. The number of pyridine rings is 1. The number of halogens is 4. The number of carbonyl (C=O) groups is 2. The van der Waals surface area contributed by atoms with E-state index in [-0.39, 0.29) is 36.4 Å². The van der Waals surface area contributed by atoms with Gasteiger partial charge in [0.05, 0.1) is 40.5 Å². The van der Waals surface area contributed by atoms with Crippen molar-refractivity contribution in [2.75, 3.05) is 0 Å². The molecule has 0 spiro atoms. The predicted octanol–water partition coefficient (Wildman–Crippen LogP) is 6.97. The maximum atomic E-state index is 14.1. The molecule has 1 N–H and O–H groups in total. The van der Waals surface area contributed by atoms with Crippen LogP contribution < -0.4 is 4.74 Å². The van der Waals surface area contributed by atoms with Gasteiger partial charge in [-0.3, -0.25) is 24.5 Å². The summed E-state index contributed by atoms with van der Waals surface area (Å²) < 4.78 is 62.8. The second-order valence-corrected chi connectivity index (χ2v) is 11.3. The molecular weight excluding hydrogens is 592 g/mol. The molecule has 0 unspecified atom stereocenters. The molecular formula is C33H28F4N4O4. The molecule has 0 bridgehead atoms. The van der Waals surface area contributed by atoms with Crippen LogP contribution in [0.4, 0.5) is 17.6 Å². The van der Waals surface area contributed by atoms with Crippen LogP contribution in [-0.4, -0.2) is 42.6 Å². The Morgan fingerprint density at radius 2 is 1.67 bits per heavy atom.